The first-order valence-electron chi connectivity index (χ1n) is 5.17. The zero-order valence-corrected chi connectivity index (χ0v) is 11.0. The monoisotopic (exact) mass is 334 g/mol. The molecular weight excluding hydrogens is 322 g/mol. The van der Waals surface area contributed by atoms with Gasteiger partial charge < -0.3 is 4.74 Å². The zero-order chi connectivity index (χ0) is 11.7. The molecule has 2 nitrogen and oxygen atoms in total. The van der Waals surface area contributed by atoms with Gasteiger partial charge in [0.25, 0.3) is 0 Å². The van der Waals surface area contributed by atoms with Crippen LogP contribution >= 0.6 is 22.6 Å². The molecule has 1 aromatic rings. The lowest BCUT2D eigenvalue weighted by Crippen LogP contribution is -2.18. The molecule has 0 amide bonds. The molecule has 1 aliphatic carbocycles. The first kappa shape index (κ1) is 11.8. The Morgan fingerprint density at radius 3 is 2.75 bits per heavy atom. The Balaban J connectivity index is 2.42. The third-order valence-corrected chi connectivity index (χ3v) is 3.80. The Morgan fingerprint density at radius 2 is 2.25 bits per heavy atom. The molecule has 2 rings (SSSR count). The Morgan fingerprint density at radius 1 is 1.56 bits per heavy atom. The van der Waals surface area contributed by atoms with Crippen molar-refractivity contribution >= 4 is 28.6 Å². The SMILES string of the molecule is COC(=O)C(c1c(F)cccc1I)C1CC1. The molecule has 1 aromatic carbocycles. The number of carbonyl (C=O) groups is 1. The lowest BCUT2D eigenvalue weighted by molar-refractivity contribution is -0.143. The third-order valence-electron chi connectivity index (χ3n) is 2.86. The second kappa shape index (κ2) is 4.69. The Labute approximate surface area is 107 Å². The highest BCUT2D eigenvalue weighted by Crippen LogP contribution is 2.45. The summed E-state index contributed by atoms with van der Waals surface area (Å²) in [6.45, 7) is 0. The lowest BCUT2D eigenvalue weighted by Gasteiger charge is -2.16. The van der Waals surface area contributed by atoms with E-state index in [4.69, 9.17) is 4.74 Å². The minimum Gasteiger partial charge on any atom is -0.469 e. The highest BCUT2D eigenvalue weighted by molar-refractivity contribution is 14.1. The molecule has 1 fully saturated rings. The molecule has 0 heterocycles. The van der Waals surface area contributed by atoms with Gasteiger partial charge in [0.15, 0.2) is 0 Å². The molecule has 1 saturated carbocycles. The molecule has 0 spiro atoms. The van der Waals surface area contributed by atoms with Gasteiger partial charge in [0.05, 0.1) is 13.0 Å². The fourth-order valence-corrected chi connectivity index (χ4v) is 2.71. The van der Waals surface area contributed by atoms with Gasteiger partial charge in [-0.05, 0) is 53.5 Å². The highest BCUT2D eigenvalue weighted by Gasteiger charge is 2.40. The summed E-state index contributed by atoms with van der Waals surface area (Å²) in [5.41, 5.74) is 0.498. The molecule has 0 aliphatic heterocycles. The maximum Gasteiger partial charge on any atom is 0.313 e. The number of halogens is 2. The van der Waals surface area contributed by atoms with E-state index in [-0.39, 0.29) is 17.7 Å². The lowest BCUT2D eigenvalue weighted by atomic mass is 9.94. The number of rotatable bonds is 3. The Hall–Kier alpha value is -0.650. The number of esters is 1. The van der Waals surface area contributed by atoms with Gasteiger partial charge in [-0.2, -0.15) is 0 Å². The van der Waals surface area contributed by atoms with Crippen LogP contribution in [0.25, 0.3) is 0 Å². The van der Waals surface area contributed by atoms with E-state index in [1.807, 2.05) is 6.07 Å². The number of methoxy groups -OCH3 is 1. The van der Waals surface area contributed by atoms with Crippen molar-refractivity contribution in [3.8, 4) is 0 Å². The van der Waals surface area contributed by atoms with Crippen molar-refractivity contribution in [3.05, 3.63) is 33.1 Å². The van der Waals surface area contributed by atoms with Crippen LogP contribution in [-0.4, -0.2) is 13.1 Å². The summed E-state index contributed by atoms with van der Waals surface area (Å²) >= 11 is 2.06. The van der Waals surface area contributed by atoms with E-state index in [2.05, 4.69) is 22.6 Å². The van der Waals surface area contributed by atoms with Crippen LogP contribution in [0.1, 0.15) is 24.3 Å². The number of hydrogen-bond acceptors (Lipinski definition) is 2. The number of benzene rings is 1. The smallest absolute Gasteiger partial charge is 0.313 e. The topological polar surface area (TPSA) is 26.3 Å². The summed E-state index contributed by atoms with van der Waals surface area (Å²) in [7, 11) is 1.35. The summed E-state index contributed by atoms with van der Waals surface area (Å²) in [4.78, 5) is 11.7. The van der Waals surface area contributed by atoms with E-state index in [0.717, 1.165) is 16.4 Å². The quantitative estimate of drug-likeness (QED) is 0.627. The molecule has 1 aliphatic rings. The van der Waals surface area contributed by atoms with E-state index >= 15 is 0 Å². The second-order valence-corrected chi connectivity index (χ2v) is 5.14. The van der Waals surface area contributed by atoms with Gasteiger partial charge in [0, 0.05) is 9.13 Å². The van der Waals surface area contributed by atoms with Crippen molar-refractivity contribution in [2.24, 2.45) is 5.92 Å². The fourth-order valence-electron chi connectivity index (χ4n) is 1.91. The third kappa shape index (κ3) is 2.21. The van der Waals surface area contributed by atoms with Crippen molar-refractivity contribution in [2.45, 2.75) is 18.8 Å². The van der Waals surface area contributed by atoms with Gasteiger partial charge in [-0.3, -0.25) is 4.79 Å². The summed E-state index contributed by atoms with van der Waals surface area (Å²) in [5, 5.41) is 0. The number of carbonyl (C=O) groups excluding carboxylic acids is 1. The van der Waals surface area contributed by atoms with Gasteiger partial charge in [0.2, 0.25) is 0 Å². The van der Waals surface area contributed by atoms with Crippen molar-refractivity contribution < 1.29 is 13.9 Å². The molecule has 86 valence electrons. The van der Waals surface area contributed by atoms with Gasteiger partial charge in [-0.25, -0.2) is 4.39 Å². The predicted molar refractivity (Wildman–Crippen MR) is 66.6 cm³/mol. The fraction of sp³-hybridized carbons (Fsp3) is 0.417. The van der Waals surface area contributed by atoms with Gasteiger partial charge in [0.1, 0.15) is 5.82 Å². The van der Waals surface area contributed by atoms with Gasteiger partial charge in [-0.1, -0.05) is 6.07 Å². The van der Waals surface area contributed by atoms with Crippen molar-refractivity contribution in [1.82, 2.24) is 0 Å². The maximum absolute atomic E-state index is 13.8. The van der Waals surface area contributed by atoms with Crippen LogP contribution in [-0.2, 0) is 9.53 Å². The molecule has 4 heteroatoms. The Kier molecular flexibility index (Phi) is 3.47. The molecule has 0 aromatic heterocycles. The van der Waals surface area contributed by atoms with E-state index in [1.54, 1.807) is 6.07 Å². The first-order chi connectivity index (χ1) is 7.65. The minimum atomic E-state index is -0.432. The Bertz CT molecular complexity index is 395. The van der Waals surface area contributed by atoms with Crippen LogP contribution in [0.4, 0.5) is 4.39 Å². The van der Waals surface area contributed by atoms with Crippen molar-refractivity contribution in [3.63, 3.8) is 0 Å². The second-order valence-electron chi connectivity index (χ2n) is 3.97. The van der Waals surface area contributed by atoms with Crippen LogP contribution in [0, 0.1) is 15.3 Å². The number of ether oxygens (including phenoxy) is 1. The van der Waals surface area contributed by atoms with Crippen LogP contribution < -0.4 is 0 Å². The van der Waals surface area contributed by atoms with E-state index < -0.39 is 5.92 Å². The average molecular weight is 334 g/mol. The standard InChI is InChI=1S/C12H12FIO2/c1-16-12(15)10(7-5-6-7)11-8(13)3-2-4-9(11)14/h2-4,7,10H,5-6H2,1H3. The number of hydrogen-bond donors (Lipinski definition) is 0. The predicted octanol–water partition coefficient (Wildman–Crippen LogP) is 3.10. The molecule has 16 heavy (non-hydrogen) atoms. The van der Waals surface area contributed by atoms with Crippen molar-refractivity contribution in [2.75, 3.05) is 7.11 Å². The molecule has 1 atom stereocenters. The molecule has 0 bridgehead atoms. The van der Waals surface area contributed by atoms with Crippen LogP contribution in [0.3, 0.4) is 0 Å². The minimum absolute atomic E-state index is 0.248. The van der Waals surface area contributed by atoms with Crippen molar-refractivity contribution in [1.29, 1.82) is 0 Å². The van der Waals surface area contributed by atoms with Crippen LogP contribution in [0.2, 0.25) is 0 Å². The van der Waals surface area contributed by atoms with E-state index in [9.17, 15) is 9.18 Å². The summed E-state index contributed by atoms with van der Waals surface area (Å²) in [6.07, 6.45) is 1.95. The molecular formula is C12H12FIO2. The molecule has 0 N–H and O–H groups in total. The summed E-state index contributed by atoms with van der Waals surface area (Å²) in [6, 6.07) is 4.87. The maximum atomic E-state index is 13.8. The largest absolute Gasteiger partial charge is 0.469 e. The molecule has 0 radical (unpaired) electrons. The van der Waals surface area contributed by atoms with E-state index in [0.29, 0.717) is 5.56 Å². The molecule has 0 saturated heterocycles. The van der Waals surface area contributed by atoms with E-state index in [1.165, 1.54) is 13.2 Å². The zero-order valence-electron chi connectivity index (χ0n) is 8.87. The summed E-state index contributed by atoms with van der Waals surface area (Å²) in [5.74, 6) is -0.823. The van der Waals surface area contributed by atoms with Gasteiger partial charge in [-0.15, -0.1) is 0 Å². The van der Waals surface area contributed by atoms with Gasteiger partial charge >= 0.3 is 5.97 Å². The average Bonchev–Trinajstić information content (AvgIpc) is 3.06. The molecule has 1 unspecified atom stereocenters. The summed E-state index contributed by atoms with van der Waals surface area (Å²) < 4.78 is 19.3. The van der Waals surface area contributed by atoms with Crippen LogP contribution in [0.15, 0.2) is 18.2 Å². The first-order valence-corrected chi connectivity index (χ1v) is 6.24. The highest BCUT2D eigenvalue weighted by atomic mass is 127. The van der Waals surface area contributed by atoms with Crippen LogP contribution in [0.5, 0.6) is 0 Å². The normalized spacial score (nSPS) is 16.9.